The molecule has 38 heavy (non-hydrogen) atoms. The molecule has 0 spiro atoms. The normalized spacial score (nSPS) is 11.9. The Kier molecular flexibility index (Phi) is 6.12. The maximum Gasteiger partial charge on any atom is 0.155 e. The van der Waals surface area contributed by atoms with Crippen molar-refractivity contribution >= 4 is 21.7 Å². The van der Waals surface area contributed by atoms with Gasteiger partial charge in [0.05, 0.1) is 17.8 Å². The number of benzene rings is 3. The molecule has 0 amide bonds. The van der Waals surface area contributed by atoms with Crippen molar-refractivity contribution in [1.82, 2.24) is 30.4 Å². The molecule has 0 unspecified atom stereocenters. The third-order valence-electron chi connectivity index (χ3n) is 6.49. The van der Waals surface area contributed by atoms with Crippen LogP contribution in [-0.2, 0) is 12.8 Å². The number of aromatic amines is 2. The fourth-order valence-electron chi connectivity index (χ4n) is 4.64. The average molecular weight is 503 g/mol. The zero-order valence-electron chi connectivity index (χ0n) is 21.8. The number of rotatable bonds is 7. The minimum absolute atomic E-state index is 0.129. The van der Waals surface area contributed by atoms with Crippen molar-refractivity contribution in [2.45, 2.75) is 33.6 Å². The number of fused-ring (bicyclic) bond motifs is 2. The van der Waals surface area contributed by atoms with Gasteiger partial charge in [-0.1, -0.05) is 45.0 Å². The number of ether oxygens (including phenoxy) is 1. The van der Waals surface area contributed by atoms with Crippen LogP contribution in [0, 0.1) is 5.41 Å². The minimum atomic E-state index is 0.129. The number of nitrogens with zero attached hydrogens (tertiary/aromatic N) is 4. The van der Waals surface area contributed by atoms with Crippen LogP contribution in [0.3, 0.4) is 0 Å². The molecule has 0 bridgehead atoms. The maximum atomic E-state index is 5.99. The Hall–Kier alpha value is -4.52. The summed E-state index contributed by atoms with van der Waals surface area (Å²) < 4.78 is 5.99. The molecule has 0 radical (unpaired) electrons. The van der Waals surface area contributed by atoms with Crippen molar-refractivity contribution in [3.05, 3.63) is 90.5 Å². The molecular formula is C31H30N6O. The highest BCUT2D eigenvalue weighted by Crippen LogP contribution is 2.32. The quantitative estimate of drug-likeness (QED) is 0.251. The van der Waals surface area contributed by atoms with Gasteiger partial charge in [0.2, 0.25) is 0 Å². The van der Waals surface area contributed by atoms with Crippen molar-refractivity contribution in [2.75, 3.05) is 6.61 Å². The van der Waals surface area contributed by atoms with Crippen molar-refractivity contribution < 1.29 is 4.74 Å². The van der Waals surface area contributed by atoms with Crippen LogP contribution < -0.4 is 4.74 Å². The first-order chi connectivity index (χ1) is 18.4. The lowest BCUT2D eigenvalue weighted by atomic mass is 9.92. The fraction of sp³-hybridized carbons (Fsp3) is 0.226. The fourth-order valence-corrected chi connectivity index (χ4v) is 4.64. The van der Waals surface area contributed by atoms with E-state index in [4.69, 9.17) is 9.72 Å². The molecule has 0 saturated carbocycles. The third-order valence-corrected chi connectivity index (χ3v) is 6.49. The summed E-state index contributed by atoms with van der Waals surface area (Å²) in [6.07, 6.45) is 3.40. The lowest BCUT2D eigenvalue weighted by molar-refractivity contribution is 0.321. The summed E-state index contributed by atoms with van der Waals surface area (Å²) in [6, 6.07) is 24.7. The van der Waals surface area contributed by atoms with E-state index in [0.717, 1.165) is 74.4 Å². The Balaban J connectivity index is 1.24. The molecule has 2 N–H and O–H groups in total. The van der Waals surface area contributed by atoms with Crippen LogP contribution >= 0.6 is 0 Å². The molecule has 7 heteroatoms. The van der Waals surface area contributed by atoms with Crippen LogP contribution in [0.2, 0.25) is 0 Å². The number of hydrogen-bond acceptors (Lipinski definition) is 5. The summed E-state index contributed by atoms with van der Waals surface area (Å²) in [5.41, 5.74) is 5.09. The number of H-pyrrole nitrogens is 2. The molecule has 0 saturated heterocycles. The predicted octanol–water partition coefficient (Wildman–Crippen LogP) is 6.77. The summed E-state index contributed by atoms with van der Waals surface area (Å²) in [7, 11) is 0. The smallest absolute Gasteiger partial charge is 0.155 e. The van der Waals surface area contributed by atoms with Crippen molar-refractivity contribution in [3.63, 3.8) is 0 Å². The van der Waals surface area contributed by atoms with Crippen molar-refractivity contribution in [3.8, 4) is 28.4 Å². The standard InChI is InChI=1S/C31H30N6O/c1-31(2,3)19-28-33-30(37-35-28)23-10-12-27-26(18-23)29(36-34-27)22-8-7-21-17-25(11-9-20(21)16-22)38-15-13-24-6-4-5-14-32-24/h4-12,14,16-18H,13,15,19H2,1-3H3,(H,34,36)(H,33,35,37). The van der Waals surface area contributed by atoms with Gasteiger partial charge in [0.1, 0.15) is 5.75 Å². The van der Waals surface area contributed by atoms with Gasteiger partial charge in [0.25, 0.3) is 0 Å². The third kappa shape index (κ3) is 5.13. The van der Waals surface area contributed by atoms with Crippen LogP contribution in [0.1, 0.15) is 32.3 Å². The Bertz CT molecular complexity index is 1710. The van der Waals surface area contributed by atoms with Gasteiger partial charge >= 0.3 is 0 Å². The summed E-state index contributed by atoms with van der Waals surface area (Å²) >= 11 is 0. The summed E-state index contributed by atoms with van der Waals surface area (Å²) in [5, 5.41) is 18.7. The van der Waals surface area contributed by atoms with E-state index in [1.54, 1.807) is 0 Å². The highest BCUT2D eigenvalue weighted by molar-refractivity contribution is 5.97. The van der Waals surface area contributed by atoms with Crippen LogP contribution in [-0.4, -0.2) is 37.0 Å². The molecule has 6 rings (SSSR count). The van der Waals surface area contributed by atoms with E-state index in [1.807, 2.05) is 42.6 Å². The van der Waals surface area contributed by atoms with E-state index in [0.29, 0.717) is 6.61 Å². The minimum Gasteiger partial charge on any atom is -0.493 e. The van der Waals surface area contributed by atoms with Crippen molar-refractivity contribution in [2.24, 2.45) is 5.41 Å². The first-order valence-corrected chi connectivity index (χ1v) is 12.9. The molecular weight excluding hydrogens is 472 g/mol. The SMILES string of the molecule is CC(C)(C)Cc1n[nH]c(-c2ccc3[nH]nc(-c4ccc5cc(OCCc6ccccn6)ccc5c4)c3c2)n1. The van der Waals surface area contributed by atoms with Gasteiger partial charge < -0.3 is 4.74 Å². The molecule has 0 aliphatic heterocycles. The molecule has 0 atom stereocenters. The second kappa shape index (κ2) is 9.74. The maximum absolute atomic E-state index is 5.99. The second-order valence-corrected chi connectivity index (χ2v) is 10.8. The summed E-state index contributed by atoms with van der Waals surface area (Å²) in [4.78, 5) is 9.09. The highest BCUT2D eigenvalue weighted by atomic mass is 16.5. The van der Waals surface area contributed by atoms with Gasteiger partial charge in [-0.05, 0) is 64.7 Å². The zero-order valence-corrected chi connectivity index (χ0v) is 21.8. The largest absolute Gasteiger partial charge is 0.493 e. The molecule has 0 aliphatic carbocycles. The number of pyridine rings is 1. The van der Waals surface area contributed by atoms with E-state index in [1.165, 1.54) is 0 Å². The first-order valence-electron chi connectivity index (χ1n) is 12.9. The monoisotopic (exact) mass is 502 g/mol. The summed E-state index contributed by atoms with van der Waals surface area (Å²) in [5.74, 6) is 2.45. The summed E-state index contributed by atoms with van der Waals surface area (Å²) in [6.45, 7) is 7.15. The topological polar surface area (TPSA) is 92.4 Å². The van der Waals surface area contributed by atoms with Gasteiger partial charge in [-0.3, -0.25) is 15.2 Å². The van der Waals surface area contributed by atoms with Crippen LogP contribution in [0.15, 0.2) is 79.0 Å². The molecule has 3 heterocycles. The van der Waals surface area contributed by atoms with Gasteiger partial charge in [-0.2, -0.15) is 10.2 Å². The highest BCUT2D eigenvalue weighted by Gasteiger charge is 2.16. The second-order valence-electron chi connectivity index (χ2n) is 10.8. The van der Waals surface area contributed by atoms with E-state index in [2.05, 4.69) is 82.5 Å². The Morgan fingerprint density at radius 1 is 0.816 bits per heavy atom. The van der Waals surface area contributed by atoms with E-state index >= 15 is 0 Å². The molecule has 0 fully saturated rings. The van der Waals surface area contributed by atoms with Gasteiger partial charge in [0, 0.05) is 41.2 Å². The molecule has 3 aromatic heterocycles. The van der Waals surface area contributed by atoms with Crippen LogP contribution in [0.25, 0.3) is 44.3 Å². The van der Waals surface area contributed by atoms with Crippen molar-refractivity contribution in [1.29, 1.82) is 0 Å². The van der Waals surface area contributed by atoms with E-state index < -0.39 is 0 Å². The molecule has 7 nitrogen and oxygen atoms in total. The zero-order chi connectivity index (χ0) is 26.1. The predicted molar refractivity (Wildman–Crippen MR) is 151 cm³/mol. The van der Waals surface area contributed by atoms with Crippen LogP contribution in [0.4, 0.5) is 0 Å². The molecule has 3 aromatic carbocycles. The lowest BCUT2D eigenvalue weighted by Gasteiger charge is -2.14. The van der Waals surface area contributed by atoms with Crippen LogP contribution in [0.5, 0.6) is 5.75 Å². The van der Waals surface area contributed by atoms with Gasteiger partial charge in [0.15, 0.2) is 11.6 Å². The average Bonchev–Trinajstić information content (AvgIpc) is 3.55. The molecule has 190 valence electrons. The number of aromatic nitrogens is 6. The van der Waals surface area contributed by atoms with E-state index in [9.17, 15) is 0 Å². The Morgan fingerprint density at radius 3 is 2.50 bits per heavy atom. The Morgan fingerprint density at radius 2 is 1.66 bits per heavy atom. The number of hydrogen-bond donors (Lipinski definition) is 2. The van der Waals surface area contributed by atoms with Gasteiger partial charge in [-0.15, -0.1) is 0 Å². The molecule has 0 aliphatic rings. The lowest BCUT2D eigenvalue weighted by Crippen LogP contribution is -2.10. The van der Waals surface area contributed by atoms with E-state index in [-0.39, 0.29) is 5.41 Å². The Labute approximate surface area is 221 Å². The first kappa shape index (κ1) is 23.9. The molecule has 6 aromatic rings. The number of nitrogens with one attached hydrogen (secondary N) is 2. The van der Waals surface area contributed by atoms with Gasteiger partial charge in [-0.25, -0.2) is 4.98 Å².